The summed E-state index contributed by atoms with van der Waals surface area (Å²) < 4.78 is 10.1. The lowest BCUT2D eigenvalue weighted by atomic mass is 10.1. The van der Waals surface area contributed by atoms with Gasteiger partial charge in [-0.05, 0) is 24.6 Å². The Morgan fingerprint density at radius 1 is 1.27 bits per heavy atom. The SMILES string of the molecule is CCCCN(CCOC)C(=O)c1cccc(OCC(=O)O)c1. The molecular formula is C16H23NO5. The zero-order valence-corrected chi connectivity index (χ0v) is 13.1. The van der Waals surface area contributed by atoms with Crippen molar-refractivity contribution in [3.8, 4) is 5.75 Å². The summed E-state index contributed by atoms with van der Waals surface area (Å²) in [4.78, 5) is 24.8. The van der Waals surface area contributed by atoms with Crippen LogP contribution in [-0.2, 0) is 9.53 Å². The predicted octanol–water partition coefficient (Wildman–Crippen LogP) is 2.04. The van der Waals surface area contributed by atoms with Crippen LogP contribution < -0.4 is 4.74 Å². The molecule has 0 aliphatic carbocycles. The third-order valence-corrected chi connectivity index (χ3v) is 3.08. The second kappa shape index (κ2) is 9.78. The van der Waals surface area contributed by atoms with Crippen LogP contribution in [0.3, 0.4) is 0 Å². The van der Waals surface area contributed by atoms with Crippen molar-refractivity contribution in [1.82, 2.24) is 4.90 Å². The standard InChI is InChI=1S/C16H23NO5/c1-3-4-8-17(9-10-21-2)16(20)13-6-5-7-14(11-13)22-12-15(18)19/h5-7,11H,3-4,8-10,12H2,1-2H3,(H,18,19). The summed E-state index contributed by atoms with van der Waals surface area (Å²) >= 11 is 0. The van der Waals surface area contributed by atoms with E-state index in [0.717, 1.165) is 12.8 Å². The van der Waals surface area contributed by atoms with Crippen LogP contribution in [0.25, 0.3) is 0 Å². The number of benzene rings is 1. The number of unbranched alkanes of at least 4 members (excludes halogenated alkanes) is 1. The molecule has 0 heterocycles. The minimum atomic E-state index is -1.05. The third kappa shape index (κ3) is 6.13. The van der Waals surface area contributed by atoms with Crippen molar-refractivity contribution in [2.75, 3.05) is 33.4 Å². The van der Waals surface area contributed by atoms with Gasteiger partial charge in [0.25, 0.3) is 5.91 Å². The molecule has 1 amide bonds. The summed E-state index contributed by atoms with van der Waals surface area (Å²) in [6.45, 7) is 3.30. The first kappa shape index (κ1) is 18.0. The lowest BCUT2D eigenvalue weighted by molar-refractivity contribution is -0.139. The zero-order chi connectivity index (χ0) is 16.4. The van der Waals surface area contributed by atoms with E-state index in [2.05, 4.69) is 6.92 Å². The molecule has 0 unspecified atom stereocenters. The number of amides is 1. The quantitative estimate of drug-likeness (QED) is 0.716. The van der Waals surface area contributed by atoms with Crippen LogP contribution in [0, 0.1) is 0 Å². The number of carboxylic acids is 1. The Kier molecular flexibility index (Phi) is 7.99. The number of nitrogens with zero attached hydrogens (tertiary/aromatic N) is 1. The third-order valence-electron chi connectivity index (χ3n) is 3.08. The van der Waals surface area contributed by atoms with E-state index in [1.54, 1.807) is 36.3 Å². The van der Waals surface area contributed by atoms with Crippen molar-refractivity contribution in [3.05, 3.63) is 29.8 Å². The van der Waals surface area contributed by atoms with Crippen molar-refractivity contribution in [2.45, 2.75) is 19.8 Å². The van der Waals surface area contributed by atoms with Crippen LogP contribution in [0.1, 0.15) is 30.1 Å². The Hall–Kier alpha value is -2.08. The molecule has 1 aromatic carbocycles. The highest BCUT2D eigenvalue weighted by Gasteiger charge is 2.15. The molecule has 0 radical (unpaired) electrons. The first-order chi connectivity index (χ1) is 10.6. The van der Waals surface area contributed by atoms with Crippen LogP contribution in [0.5, 0.6) is 5.75 Å². The average molecular weight is 309 g/mol. The van der Waals surface area contributed by atoms with E-state index in [1.165, 1.54) is 0 Å². The van der Waals surface area contributed by atoms with Crippen LogP contribution in [0.4, 0.5) is 0 Å². The lowest BCUT2D eigenvalue weighted by Crippen LogP contribution is -2.34. The van der Waals surface area contributed by atoms with E-state index >= 15 is 0 Å². The molecule has 0 aliphatic rings. The average Bonchev–Trinajstić information content (AvgIpc) is 2.53. The Morgan fingerprint density at radius 3 is 2.68 bits per heavy atom. The number of rotatable bonds is 10. The van der Waals surface area contributed by atoms with E-state index < -0.39 is 12.6 Å². The van der Waals surface area contributed by atoms with Crippen LogP contribution >= 0.6 is 0 Å². The number of aliphatic carboxylic acids is 1. The molecule has 0 saturated heterocycles. The molecule has 1 N–H and O–H groups in total. The number of carbonyl (C=O) groups excluding carboxylic acids is 1. The van der Waals surface area contributed by atoms with Gasteiger partial charge in [0.05, 0.1) is 6.61 Å². The summed E-state index contributed by atoms with van der Waals surface area (Å²) in [6, 6.07) is 6.57. The topological polar surface area (TPSA) is 76.1 Å². The maximum Gasteiger partial charge on any atom is 0.341 e. The largest absolute Gasteiger partial charge is 0.482 e. The number of carboxylic acid groups (broad SMARTS) is 1. The van der Waals surface area contributed by atoms with E-state index in [-0.39, 0.29) is 5.91 Å². The number of hydrogen-bond acceptors (Lipinski definition) is 4. The Labute approximate surface area is 130 Å². The molecule has 1 aromatic rings. The van der Waals surface area contributed by atoms with Crippen molar-refractivity contribution < 1.29 is 24.2 Å². The van der Waals surface area contributed by atoms with E-state index in [0.29, 0.717) is 31.0 Å². The summed E-state index contributed by atoms with van der Waals surface area (Å²) in [5.74, 6) is -0.789. The van der Waals surface area contributed by atoms with Crippen molar-refractivity contribution >= 4 is 11.9 Å². The molecule has 122 valence electrons. The predicted molar refractivity (Wildman–Crippen MR) is 82.3 cm³/mol. The first-order valence-electron chi connectivity index (χ1n) is 7.31. The molecule has 0 saturated carbocycles. The molecule has 0 atom stereocenters. The van der Waals surface area contributed by atoms with Gasteiger partial charge >= 0.3 is 5.97 Å². The van der Waals surface area contributed by atoms with Crippen LogP contribution in [0.2, 0.25) is 0 Å². The fraction of sp³-hybridized carbons (Fsp3) is 0.500. The van der Waals surface area contributed by atoms with Gasteiger partial charge in [-0.15, -0.1) is 0 Å². The molecule has 0 aromatic heterocycles. The number of hydrogen-bond donors (Lipinski definition) is 1. The second-order valence-electron chi connectivity index (χ2n) is 4.85. The van der Waals surface area contributed by atoms with Crippen LogP contribution in [-0.4, -0.2) is 55.3 Å². The highest BCUT2D eigenvalue weighted by molar-refractivity contribution is 5.94. The van der Waals surface area contributed by atoms with Gasteiger partial charge in [-0.25, -0.2) is 4.79 Å². The fourth-order valence-corrected chi connectivity index (χ4v) is 1.91. The number of methoxy groups -OCH3 is 1. The number of carbonyl (C=O) groups is 2. The highest BCUT2D eigenvalue weighted by atomic mass is 16.5. The smallest absolute Gasteiger partial charge is 0.341 e. The molecule has 6 nitrogen and oxygen atoms in total. The molecule has 6 heteroatoms. The molecule has 0 fully saturated rings. The van der Waals surface area contributed by atoms with Crippen LogP contribution in [0.15, 0.2) is 24.3 Å². The normalized spacial score (nSPS) is 10.3. The minimum Gasteiger partial charge on any atom is -0.482 e. The second-order valence-corrected chi connectivity index (χ2v) is 4.85. The lowest BCUT2D eigenvalue weighted by Gasteiger charge is -2.22. The fourth-order valence-electron chi connectivity index (χ4n) is 1.91. The van der Waals surface area contributed by atoms with Gasteiger partial charge in [0.15, 0.2) is 6.61 Å². The first-order valence-corrected chi connectivity index (χ1v) is 7.31. The van der Waals surface area contributed by atoms with Gasteiger partial charge in [-0.1, -0.05) is 19.4 Å². The summed E-state index contributed by atoms with van der Waals surface area (Å²) in [7, 11) is 1.60. The van der Waals surface area contributed by atoms with Gasteiger partial charge in [0, 0.05) is 25.8 Å². The minimum absolute atomic E-state index is 0.105. The molecule has 22 heavy (non-hydrogen) atoms. The van der Waals surface area contributed by atoms with Gasteiger partial charge < -0.3 is 19.5 Å². The molecular weight excluding hydrogens is 286 g/mol. The van der Waals surface area contributed by atoms with Gasteiger partial charge in [0.1, 0.15) is 5.75 Å². The van der Waals surface area contributed by atoms with Gasteiger partial charge in [-0.3, -0.25) is 4.79 Å². The maximum atomic E-state index is 12.5. The Balaban J connectivity index is 2.78. The summed E-state index contributed by atoms with van der Waals surface area (Å²) in [6.07, 6.45) is 1.92. The Morgan fingerprint density at radius 2 is 2.05 bits per heavy atom. The van der Waals surface area contributed by atoms with Gasteiger partial charge in [0.2, 0.25) is 0 Å². The summed E-state index contributed by atoms with van der Waals surface area (Å²) in [5, 5.41) is 8.62. The van der Waals surface area contributed by atoms with Gasteiger partial charge in [-0.2, -0.15) is 0 Å². The molecule has 0 bridgehead atoms. The van der Waals surface area contributed by atoms with Crippen molar-refractivity contribution in [1.29, 1.82) is 0 Å². The highest BCUT2D eigenvalue weighted by Crippen LogP contribution is 2.15. The van der Waals surface area contributed by atoms with Crippen molar-refractivity contribution in [3.63, 3.8) is 0 Å². The maximum absolute atomic E-state index is 12.5. The Bertz CT molecular complexity index is 481. The van der Waals surface area contributed by atoms with Crippen molar-refractivity contribution in [2.24, 2.45) is 0 Å². The number of ether oxygens (including phenoxy) is 2. The molecule has 1 rings (SSSR count). The molecule has 0 aliphatic heterocycles. The van der Waals surface area contributed by atoms with E-state index in [9.17, 15) is 9.59 Å². The zero-order valence-electron chi connectivity index (χ0n) is 13.1. The summed E-state index contributed by atoms with van der Waals surface area (Å²) in [5.41, 5.74) is 0.482. The van der Waals surface area contributed by atoms with E-state index in [4.69, 9.17) is 14.6 Å². The molecule has 0 spiro atoms. The monoisotopic (exact) mass is 309 g/mol. The van der Waals surface area contributed by atoms with E-state index in [1.807, 2.05) is 0 Å².